The van der Waals surface area contributed by atoms with E-state index < -0.39 is 32.6 Å². The molecule has 0 spiro atoms. The first-order valence-electron chi connectivity index (χ1n) is 8.64. The Hall–Kier alpha value is -2.40. The molecule has 1 fully saturated rings. The predicted octanol–water partition coefficient (Wildman–Crippen LogP) is 2.25. The molecule has 3 rings (SSSR count). The number of primary sulfonamides is 1. The van der Waals surface area contributed by atoms with E-state index in [0.29, 0.717) is 12.5 Å². The van der Waals surface area contributed by atoms with Crippen molar-refractivity contribution in [1.82, 2.24) is 14.8 Å². The molecule has 0 bridgehead atoms. The van der Waals surface area contributed by atoms with Crippen LogP contribution in [-0.4, -0.2) is 29.1 Å². The summed E-state index contributed by atoms with van der Waals surface area (Å²) in [5.74, 6) is -3.14. The van der Waals surface area contributed by atoms with Gasteiger partial charge in [0.25, 0.3) is 21.9 Å². The molecule has 2 heterocycles. The Morgan fingerprint density at radius 2 is 2.11 bits per heavy atom. The molecular formula is C17H21F2N5O3S. The van der Waals surface area contributed by atoms with Gasteiger partial charge in [0.15, 0.2) is 5.03 Å². The number of hydrogen-bond acceptors (Lipinski definition) is 5. The lowest BCUT2D eigenvalue weighted by Crippen LogP contribution is -2.20. The van der Waals surface area contributed by atoms with Gasteiger partial charge in [-0.05, 0) is 31.2 Å². The van der Waals surface area contributed by atoms with Crippen molar-refractivity contribution in [3.63, 3.8) is 0 Å². The number of nitrogens with one attached hydrogen (secondary N) is 1. The third-order valence-corrected chi connectivity index (χ3v) is 5.59. The Labute approximate surface area is 161 Å². The summed E-state index contributed by atoms with van der Waals surface area (Å²) in [5, 5.41) is 11.1. The second kappa shape index (κ2) is 6.89. The quantitative estimate of drug-likeness (QED) is 0.753. The molecule has 1 aliphatic rings. The minimum atomic E-state index is -4.05. The number of rotatable bonds is 6. The maximum atomic E-state index is 13.9. The molecule has 1 amide bonds. The highest BCUT2D eigenvalue weighted by molar-refractivity contribution is 7.89. The molecule has 28 heavy (non-hydrogen) atoms. The number of pyridine rings is 1. The minimum Gasteiger partial charge on any atom is -0.321 e. The lowest BCUT2D eigenvalue weighted by molar-refractivity contribution is 0.0114. The zero-order chi connectivity index (χ0) is 20.9. The van der Waals surface area contributed by atoms with Crippen LogP contribution in [0.4, 0.5) is 14.5 Å². The minimum absolute atomic E-state index is 0.0181. The van der Waals surface area contributed by atoms with Crippen LogP contribution in [0.25, 0.3) is 0 Å². The normalized spacial score (nSPS) is 19.5. The molecule has 0 aromatic carbocycles. The van der Waals surface area contributed by atoms with E-state index in [1.54, 1.807) is 0 Å². The molecule has 2 aromatic rings. The van der Waals surface area contributed by atoms with Crippen LogP contribution < -0.4 is 10.5 Å². The van der Waals surface area contributed by atoms with E-state index in [1.807, 2.05) is 6.92 Å². The van der Waals surface area contributed by atoms with Gasteiger partial charge in [-0.25, -0.2) is 18.5 Å². The van der Waals surface area contributed by atoms with E-state index in [-0.39, 0.29) is 22.9 Å². The zero-order valence-corrected chi connectivity index (χ0v) is 16.4. The monoisotopic (exact) mass is 413 g/mol. The van der Waals surface area contributed by atoms with Crippen molar-refractivity contribution >= 4 is 21.6 Å². The fraction of sp³-hybridized carbons (Fsp3) is 0.471. The maximum Gasteiger partial charge on any atom is 0.289 e. The highest BCUT2D eigenvalue weighted by Gasteiger charge is 2.38. The number of nitrogens with zero attached hydrogens (tertiary/aromatic N) is 3. The Bertz CT molecular complexity index is 1030. The first-order chi connectivity index (χ1) is 12.9. The summed E-state index contributed by atoms with van der Waals surface area (Å²) < 4.78 is 52.0. The Morgan fingerprint density at radius 3 is 2.64 bits per heavy atom. The number of amides is 1. The molecule has 8 nitrogen and oxygen atoms in total. The van der Waals surface area contributed by atoms with Gasteiger partial charge in [-0.3, -0.25) is 9.48 Å². The molecule has 2 unspecified atom stereocenters. The number of nitrogens with two attached hydrogens (primary N) is 1. The summed E-state index contributed by atoms with van der Waals surface area (Å²) in [5.41, 5.74) is -0.227. The standard InChI is InChI=1S/C17H21F2N5O3S/c1-9-6-11(9)8-24-14(10(2)15(23-24)17(3,18)19)16(25)22-12-4-5-21-13(7-12)28(20,26)27/h4-5,7,9,11H,6,8H2,1-3H3,(H2,20,26,27)(H,21,22,25). The van der Waals surface area contributed by atoms with E-state index in [9.17, 15) is 22.0 Å². The second-order valence-electron chi connectivity index (χ2n) is 7.25. The predicted molar refractivity (Wildman–Crippen MR) is 97.4 cm³/mol. The zero-order valence-electron chi connectivity index (χ0n) is 15.6. The van der Waals surface area contributed by atoms with Crippen LogP contribution in [0.1, 0.15) is 42.0 Å². The van der Waals surface area contributed by atoms with Gasteiger partial charge in [-0.15, -0.1) is 0 Å². The largest absolute Gasteiger partial charge is 0.321 e. The van der Waals surface area contributed by atoms with Gasteiger partial charge in [0.05, 0.1) is 0 Å². The first kappa shape index (κ1) is 20.3. The summed E-state index contributed by atoms with van der Waals surface area (Å²) in [4.78, 5) is 16.5. The highest BCUT2D eigenvalue weighted by Crippen LogP contribution is 2.40. The van der Waals surface area contributed by atoms with Crippen LogP contribution in [-0.2, 0) is 22.5 Å². The van der Waals surface area contributed by atoms with Crippen LogP contribution in [0.3, 0.4) is 0 Å². The topological polar surface area (TPSA) is 120 Å². The fourth-order valence-corrected chi connectivity index (χ4v) is 3.60. The Morgan fingerprint density at radius 1 is 1.46 bits per heavy atom. The molecule has 0 saturated heterocycles. The van der Waals surface area contributed by atoms with Crippen molar-refractivity contribution in [3.05, 3.63) is 35.3 Å². The number of halogens is 2. The third-order valence-electron chi connectivity index (χ3n) is 4.79. The van der Waals surface area contributed by atoms with E-state index in [0.717, 1.165) is 19.4 Å². The Balaban J connectivity index is 1.95. The molecule has 152 valence electrons. The van der Waals surface area contributed by atoms with Gasteiger partial charge >= 0.3 is 0 Å². The molecule has 0 aliphatic heterocycles. The van der Waals surface area contributed by atoms with Crippen molar-refractivity contribution in [2.75, 3.05) is 5.32 Å². The van der Waals surface area contributed by atoms with E-state index in [2.05, 4.69) is 15.4 Å². The number of aromatic nitrogens is 3. The smallest absolute Gasteiger partial charge is 0.289 e. The summed E-state index contributed by atoms with van der Waals surface area (Å²) in [6, 6.07) is 2.47. The van der Waals surface area contributed by atoms with Gasteiger partial charge in [-0.1, -0.05) is 6.92 Å². The van der Waals surface area contributed by atoms with Gasteiger partial charge in [-0.2, -0.15) is 13.9 Å². The molecule has 0 radical (unpaired) electrons. The van der Waals surface area contributed by atoms with E-state index >= 15 is 0 Å². The SMILES string of the molecule is Cc1c(C(C)(F)F)nn(CC2CC2C)c1C(=O)Nc1ccnc(S(N)(=O)=O)c1. The van der Waals surface area contributed by atoms with Crippen molar-refractivity contribution in [2.24, 2.45) is 17.0 Å². The second-order valence-corrected chi connectivity index (χ2v) is 8.76. The van der Waals surface area contributed by atoms with Gasteiger partial charge in [0, 0.05) is 37.0 Å². The van der Waals surface area contributed by atoms with Gasteiger partial charge < -0.3 is 5.32 Å². The third kappa shape index (κ3) is 4.20. The van der Waals surface area contributed by atoms with Crippen molar-refractivity contribution < 1.29 is 22.0 Å². The van der Waals surface area contributed by atoms with Crippen LogP contribution in [0.15, 0.2) is 23.4 Å². The lowest BCUT2D eigenvalue weighted by Gasteiger charge is -2.10. The molecular weight excluding hydrogens is 392 g/mol. The summed E-state index contributed by atoms with van der Waals surface area (Å²) >= 11 is 0. The number of sulfonamides is 1. The summed E-state index contributed by atoms with van der Waals surface area (Å²) in [6.45, 7) is 4.56. The molecule has 3 N–H and O–H groups in total. The van der Waals surface area contributed by atoms with Gasteiger partial charge in [0.1, 0.15) is 11.4 Å². The molecule has 1 saturated carbocycles. The fourth-order valence-electron chi connectivity index (χ4n) is 3.10. The highest BCUT2D eigenvalue weighted by atomic mass is 32.2. The van der Waals surface area contributed by atoms with E-state index in [4.69, 9.17) is 5.14 Å². The van der Waals surface area contributed by atoms with Gasteiger partial charge in [0.2, 0.25) is 0 Å². The number of hydrogen-bond donors (Lipinski definition) is 2. The number of carbonyl (C=O) groups is 1. The summed E-state index contributed by atoms with van der Waals surface area (Å²) in [7, 11) is -4.05. The molecule has 11 heteroatoms. The lowest BCUT2D eigenvalue weighted by atomic mass is 10.1. The van der Waals surface area contributed by atoms with E-state index in [1.165, 1.54) is 23.9 Å². The summed E-state index contributed by atoms with van der Waals surface area (Å²) in [6.07, 6.45) is 2.12. The van der Waals surface area contributed by atoms with Crippen LogP contribution in [0, 0.1) is 18.8 Å². The van der Waals surface area contributed by atoms with Crippen molar-refractivity contribution in [1.29, 1.82) is 0 Å². The Kier molecular flexibility index (Phi) is 5.00. The molecule has 1 aliphatic carbocycles. The van der Waals surface area contributed by atoms with Crippen LogP contribution in [0.2, 0.25) is 0 Å². The van der Waals surface area contributed by atoms with Crippen molar-refractivity contribution in [2.45, 2.75) is 44.7 Å². The molecule has 2 aromatic heterocycles. The molecule has 2 atom stereocenters. The number of alkyl halides is 2. The number of anilines is 1. The average Bonchev–Trinajstić information content (AvgIpc) is 3.13. The van der Waals surface area contributed by atoms with Crippen LogP contribution >= 0.6 is 0 Å². The average molecular weight is 413 g/mol. The van der Waals surface area contributed by atoms with Crippen molar-refractivity contribution in [3.8, 4) is 0 Å². The number of carbonyl (C=O) groups excluding carboxylic acids is 1. The first-order valence-corrected chi connectivity index (χ1v) is 10.2. The maximum absolute atomic E-state index is 13.9. The van der Waals surface area contributed by atoms with Crippen LogP contribution in [0.5, 0.6) is 0 Å².